The van der Waals surface area contributed by atoms with E-state index in [9.17, 15) is 0 Å². The number of benzene rings is 6. The smallest absolute Gasteiger partial charge is 0.203 e. The van der Waals surface area contributed by atoms with Crippen LogP contribution in [-0.4, -0.2) is 105 Å². The fourth-order valence-electron chi connectivity index (χ4n) is 13.2. The molecule has 150 heavy (non-hydrogen) atoms. The zero-order chi connectivity index (χ0) is 106. The number of aliphatic imine (C=N–C) groups is 1. The van der Waals surface area contributed by atoms with Crippen molar-refractivity contribution in [1.29, 1.82) is 0 Å². The van der Waals surface area contributed by atoms with E-state index in [4.69, 9.17) is 59.2 Å². The topological polar surface area (TPSA) is 203 Å². The highest BCUT2D eigenvalue weighted by Crippen LogP contribution is 2.39. The summed E-state index contributed by atoms with van der Waals surface area (Å²) in [6, 6.07) is 50.3. The van der Waals surface area contributed by atoms with Crippen LogP contribution in [0, 0.1) is 19.7 Å². The van der Waals surface area contributed by atoms with Crippen molar-refractivity contribution in [2.45, 2.75) is 118 Å². The summed E-state index contributed by atoms with van der Waals surface area (Å²) in [6.07, 6.45) is 10.5. The first-order valence-corrected chi connectivity index (χ1v) is 111. The predicted octanol–water partition coefficient (Wildman–Crippen LogP) is 18.7. The third kappa shape index (κ3) is 50.3. The first-order valence-electron chi connectivity index (χ1n) is 40.4. The molecule has 76 heteroatoms. The molecule has 5 aliphatic rings. The summed E-state index contributed by atoms with van der Waals surface area (Å²) in [5.74, 6) is 1.45. The number of piperazine rings is 1. The molecule has 1 unspecified atom stereocenters. The second-order valence-electron chi connectivity index (χ2n) is 29.1. The number of nitrogens with zero attached hydrogens (tertiary/aromatic N) is 19. The number of tetrazole rings is 2. The van der Waals surface area contributed by atoms with Crippen LogP contribution in [0.1, 0.15) is 76.8 Å². The maximum atomic E-state index is 7.89. The second-order valence-corrected chi connectivity index (χ2v) is 119. The molecule has 2 fully saturated rings. The predicted molar refractivity (Wildman–Crippen MR) is 781 cm³/mol. The molecule has 10 heterocycles. The molecule has 0 saturated carbocycles. The summed E-state index contributed by atoms with van der Waals surface area (Å²) < 4.78 is 15.8. The summed E-state index contributed by atoms with van der Waals surface area (Å²) in [5, 5.41) is 32.5. The number of fused-ring (bicyclic) bond motifs is 12. The van der Waals surface area contributed by atoms with Crippen molar-refractivity contribution >= 4 is 547 Å². The molecule has 5 aromatic heterocycles. The van der Waals surface area contributed by atoms with Gasteiger partial charge in [-0.05, 0) is 184 Å². The Kier molecular flexibility index (Phi) is 71.2. The highest BCUT2D eigenvalue weighted by atomic mass is 79.9. The Bertz CT molecular complexity index is 9260. The first-order chi connectivity index (χ1) is 72.6. The van der Waals surface area contributed by atoms with Crippen LogP contribution in [-0.2, 0) is 482 Å². The van der Waals surface area contributed by atoms with Gasteiger partial charge in [0, 0.05) is 563 Å². The summed E-state index contributed by atoms with van der Waals surface area (Å²) in [5.41, 5.74) is 26.6. The number of aromatic nitrogens is 11. The van der Waals surface area contributed by atoms with Crippen LogP contribution in [0.4, 0.5) is 28.4 Å². The third-order valence-corrected chi connectivity index (χ3v) is 120. The van der Waals surface area contributed by atoms with Crippen molar-refractivity contribution in [3.8, 4) is 67.8 Å². The first kappa shape index (κ1) is 135. The van der Waals surface area contributed by atoms with Gasteiger partial charge < -0.3 is 29.2 Å². The number of anilines is 1. The van der Waals surface area contributed by atoms with Crippen LogP contribution in [0.15, 0.2) is 183 Å². The van der Waals surface area contributed by atoms with Crippen LogP contribution < -0.4 is 15.5 Å². The van der Waals surface area contributed by atoms with Crippen LogP contribution in [0.3, 0.4) is 0 Å². The molecule has 4 atom stereocenters. The van der Waals surface area contributed by atoms with Crippen LogP contribution in [0.5, 0.6) is 0 Å². The normalized spacial score (nSPS) is 13.5. The third-order valence-electron chi connectivity index (χ3n) is 18.5. The standard InChI is InChI=1S/C25H24N8.C19H11BrClN3.C19H11BrN6.C7H15N.C3H9N3Si.CH4.S40.S11/c1-16-12-31(13-17(2)27-16)22-8-9-23-20(10-22)15-32-14-19(18-4-6-21(26-3)7-5-18)11-24(32)25-28-29-30-33(23)25;1-22-16-5-2-12(3-6-16)13-9-18-19(21)23-17-7-4-15(20)8-14(17)11-24(18)10-13;1-21-16-5-2-12(3-6-16)13-9-18-19-22-23-24-26(19)17-7-4-15(20)8-14(17)11-25(18)10-13;1-6-4-3-5-7(2)8-6;1-7(2,3)6-5-4;;1-3-5-7-9-11-13-15-17-19-21-23-25-27-29-31-33-35-37-39-40-38-36-34-32-30-28-26-24-22-20-18-16-14-12-10-8-6-4-2;1-3-5-7-9-11-10-8-6-4-2/h4-11,14,16-17,27H,12-13,15H2,1-2H3;2-10H,11H2;2-10H,11H2;6-8H,3-5H2,1-2H3;1-3H3;1H4;;/t16-,17+;;;6-,7?;;;;/m...0..../s1. The van der Waals surface area contributed by atoms with Gasteiger partial charge in [-0.25, -0.2) is 19.5 Å². The van der Waals surface area contributed by atoms with E-state index in [1.165, 1.54) is 66.0 Å². The lowest BCUT2D eigenvalue weighted by molar-refractivity contribution is 0.352. The molecule has 0 bridgehead atoms. The molecule has 0 amide bonds. The average Bonchev–Trinajstić information content (AvgIpc) is 1.61. The second kappa shape index (κ2) is 79.4. The van der Waals surface area contributed by atoms with E-state index in [1.807, 2.05) is 341 Å². The highest BCUT2D eigenvalue weighted by Gasteiger charge is 2.28. The Morgan fingerprint density at radius 2 is 0.673 bits per heavy atom. The molecule has 806 valence electrons. The lowest BCUT2D eigenvalue weighted by Gasteiger charge is -2.38. The van der Waals surface area contributed by atoms with E-state index in [0.717, 1.165) is 138 Å². The van der Waals surface area contributed by atoms with Gasteiger partial charge >= 0.3 is 0 Å². The zero-order valence-corrected chi connectivity index (χ0v) is 123. The molecule has 5 aliphatic heterocycles. The number of piperidine rings is 1. The number of rotatable bonds is 5. The number of hydrogen-bond donors (Lipinski definition) is 2. The van der Waals surface area contributed by atoms with Crippen molar-refractivity contribution in [2.24, 2.45) is 9.77 Å². The molecule has 21 nitrogen and oxygen atoms in total. The van der Waals surface area contributed by atoms with Gasteiger partial charge in [-0.3, -0.25) is 0 Å². The van der Waals surface area contributed by atoms with Gasteiger partial charge in [0.25, 0.3) is 0 Å². The van der Waals surface area contributed by atoms with Crippen molar-refractivity contribution in [3.63, 3.8) is 0 Å². The fourth-order valence-corrected chi connectivity index (χ4v) is 133. The number of azide groups is 1. The summed E-state index contributed by atoms with van der Waals surface area (Å²) in [6.45, 7) is 40.4. The molecule has 6 aromatic carbocycles. The zero-order valence-electron chi connectivity index (χ0n) is 76.0. The Morgan fingerprint density at radius 3 is 0.980 bits per heavy atom. The molecular weight excluding hydrogens is 3040 g/mol. The molecule has 2 N–H and O–H groups in total. The molecule has 2 saturated heterocycles. The van der Waals surface area contributed by atoms with E-state index in [2.05, 4.69) is 232 Å². The van der Waals surface area contributed by atoms with Gasteiger partial charge in [0.05, 0.1) is 53.9 Å². The van der Waals surface area contributed by atoms with Gasteiger partial charge in [-0.1, -0.05) is 150 Å². The summed E-state index contributed by atoms with van der Waals surface area (Å²) >= 11 is 32.5. The molecule has 16 rings (SSSR count). The van der Waals surface area contributed by atoms with E-state index < -0.39 is 8.24 Å². The fraction of sp³-hybridized carbons (Fsp3) is 0.270. The number of hydrogen-bond acceptors (Lipinski definition) is 15. The highest BCUT2D eigenvalue weighted by molar-refractivity contribution is 9.11. The molecule has 11 aromatic rings. The van der Waals surface area contributed by atoms with Gasteiger partial charge in [-0.2, -0.15) is 9.36 Å². The van der Waals surface area contributed by atoms with E-state index >= 15 is 0 Å². The van der Waals surface area contributed by atoms with Crippen LogP contribution in [0.2, 0.25) is 19.6 Å². The van der Waals surface area contributed by atoms with E-state index in [1.54, 1.807) is 173 Å². The number of halogens is 3. The van der Waals surface area contributed by atoms with Crippen molar-refractivity contribution < 1.29 is 0 Å². The summed E-state index contributed by atoms with van der Waals surface area (Å²) in [7, 11) is 80.4. The van der Waals surface area contributed by atoms with Gasteiger partial charge in [0.2, 0.25) is 11.6 Å². The average molecular weight is 3120 g/mol. The van der Waals surface area contributed by atoms with E-state index in [-0.39, 0.29) is 7.43 Å². The van der Waals surface area contributed by atoms with Crippen molar-refractivity contribution in [2.75, 3.05) is 18.0 Å². The lowest BCUT2D eigenvalue weighted by atomic mass is 10.0. The maximum Gasteiger partial charge on any atom is 0.203 e. The Balaban J connectivity index is 0.000000206. The minimum absolute atomic E-state index is 0. The van der Waals surface area contributed by atoms with Gasteiger partial charge in [-0.15, -0.1) is 15.0 Å². The van der Waals surface area contributed by atoms with Gasteiger partial charge in [0.1, 0.15) is 8.24 Å². The molecular formula is C74H74Br2ClN21S51Si. The lowest BCUT2D eigenvalue weighted by Crippen LogP contribution is -2.54. The molecule has 0 spiro atoms. The largest absolute Gasteiger partial charge is 0.368 e. The quantitative estimate of drug-likeness (QED) is 0.0542. The summed E-state index contributed by atoms with van der Waals surface area (Å²) in [4.78, 5) is 20.1. The maximum absolute atomic E-state index is 7.89. The number of nitrogens with one attached hydrogen (secondary N) is 2. The Morgan fingerprint density at radius 1 is 0.380 bits per heavy atom. The van der Waals surface area contributed by atoms with Crippen molar-refractivity contribution in [1.82, 2.24) is 64.7 Å². The Labute approximate surface area is 1050 Å². The van der Waals surface area contributed by atoms with Crippen LogP contribution in [0.25, 0.3) is 92.8 Å². The van der Waals surface area contributed by atoms with Gasteiger partial charge in [0.15, 0.2) is 22.2 Å². The monoisotopic (exact) mass is 3110 g/mol. The van der Waals surface area contributed by atoms with E-state index in [0.29, 0.717) is 40.9 Å². The SMILES string of the molecule is C.CC1CCC[C@H](C)N1.C[Si](C)(C)N=[N+]=[N-].S=S=S=S=S=S=S=S=S=S=S.S=S=S=S=S=S=S=S=S=S=S=S=S=S=S=S=S=S=S=S=S=S=S=S=S=S=S=S=S=S=S=S=S=S=S=S=S=S=S=S.[C-]#[N+]c1ccc(-c2cc3n(c2)Cc2cc(Br)ccc2-n2nnnc2-3)cc1.[C-]#[N+]c1ccc(-c2cc3n(c2)Cc2cc(Br)ccc2N=C3Cl)cc1.[C-]#[N+]c1ccc(-c2cc3n(c2)Cc2cc(N4C[C@@H](C)N[C@@H](C)C4)ccc2-n2nnnc2-3)cc1. The minimum Gasteiger partial charge on any atom is -0.368 e. The molecule has 0 radical (unpaired) electrons. The van der Waals surface area contributed by atoms with Crippen LogP contribution >= 0.6 is 43.5 Å². The van der Waals surface area contributed by atoms with Crippen molar-refractivity contribution in [3.05, 3.63) is 240 Å². The Hall–Kier alpha value is 1.16. The molecule has 0 aliphatic carbocycles. The minimum atomic E-state index is -1.45.